The summed E-state index contributed by atoms with van der Waals surface area (Å²) in [5, 5.41) is 34.7. The van der Waals surface area contributed by atoms with Crippen LogP contribution in [0, 0.1) is 32.8 Å². The highest BCUT2D eigenvalue weighted by molar-refractivity contribution is 5.91. The van der Waals surface area contributed by atoms with Crippen molar-refractivity contribution >= 4 is 23.2 Å². The number of anilines is 1. The zero-order valence-electron chi connectivity index (χ0n) is 16.5. The van der Waals surface area contributed by atoms with Crippen molar-refractivity contribution < 1.29 is 9.34 Å². The Hall–Kier alpha value is -5.15. The number of furan rings is 1. The largest absolute Gasteiger partial charge is 0.457 e. The zero-order chi connectivity index (χ0) is 22.7. The van der Waals surface area contributed by atoms with Gasteiger partial charge >= 0.3 is 0 Å². The Morgan fingerprint density at radius 1 is 1.12 bits per heavy atom. The molecule has 0 atom stereocenters. The highest BCUT2D eigenvalue weighted by Crippen LogP contribution is 2.30. The van der Waals surface area contributed by atoms with E-state index in [1.165, 1.54) is 22.9 Å². The minimum absolute atomic E-state index is 0.0608. The van der Waals surface area contributed by atoms with E-state index in [9.17, 15) is 20.6 Å². The average molecular weight is 422 g/mol. The van der Waals surface area contributed by atoms with Gasteiger partial charge in [-0.05, 0) is 24.3 Å². The molecule has 2 N–H and O–H groups in total. The molecule has 0 aliphatic rings. The summed E-state index contributed by atoms with van der Waals surface area (Å²) in [5.74, 6) is 0.832. The number of para-hydroxylation sites is 1. The minimum Gasteiger partial charge on any atom is -0.457 e. The zero-order valence-corrected chi connectivity index (χ0v) is 16.5. The van der Waals surface area contributed by atoms with Gasteiger partial charge in [0.25, 0.3) is 5.69 Å². The lowest BCUT2D eigenvalue weighted by molar-refractivity contribution is -0.384. The highest BCUT2D eigenvalue weighted by Gasteiger charge is 2.20. The smallest absolute Gasteiger partial charge is 0.270 e. The Morgan fingerprint density at radius 3 is 2.59 bits per heavy atom. The van der Waals surface area contributed by atoms with Crippen LogP contribution >= 0.6 is 0 Å². The fourth-order valence-electron chi connectivity index (χ4n) is 3.15. The Balaban J connectivity index is 1.74. The molecule has 0 aliphatic heterocycles. The molecule has 0 saturated carbocycles. The molecule has 0 aliphatic carbocycles. The van der Waals surface area contributed by atoms with Gasteiger partial charge in [0.2, 0.25) is 0 Å². The van der Waals surface area contributed by atoms with Gasteiger partial charge in [0.15, 0.2) is 0 Å². The van der Waals surface area contributed by atoms with Gasteiger partial charge in [0.1, 0.15) is 40.7 Å². The summed E-state index contributed by atoms with van der Waals surface area (Å²) in [4.78, 5) is 10.5. The Kier molecular flexibility index (Phi) is 5.22. The molecule has 32 heavy (non-hydrogen) atoms. The van der Waals surface area contributed by atoms with Crippen LogP contribution in [0.1, 0.15) is 17.0 Å². The molecule has 2 heterocycles. The molecule has 4 aromatic rings. The normalized spacial score (nSPS) is 11.0. The maximum absolute atomic E-state index is 11.0. The molecule has 9 nitrogen and oxygen atoms in total. The van der Waals surface area contributed by atoms with Gasteiger partial charge in [-0.2, -0.15) is 15.6 Å². The molecule has 0 fully saturated rings. The van der Waals surface area contributed by atoms with Crippen molar-refractivity contribution in [3.63, 3.8) is 0 Å². The van der Waals surface area contributed by atoms with E-state index < -0.39 is 4.92 Å². The second-order valence-corrected chi connectivity index (χ2v) is 6.65. The number of nitrogen functional groups attached to an aromatic ring is 1. The first kappa shape index (κ1) is 20.1. The topological polar surface area (TPSA) is 148 Å². The van der Waals surface area contributed by atoms with Crippen LogP contribution in [0.5, 0.6) is 0 Å². The molecule has 0 saturated heterocycles. The van der Waals surface area contributed by atoms with E-state index in [4.69, 9.17) is 10.2 Å². The molecule has 2 aromatic carbocycles. The first-order valence-electron chi connectivity index (χ1n) is 9.32. The predicted octanol–water partition coefficient (Wildman–Crippen LogP) is 4.56. The molecule has 0 bridgehead atoms. The number of nitrogens with two attached hydrogens (primary N) is 1. The van der Waals surface area contributed by atoms with Gasteiger partial charge in [-0.3, -0.25) is 10.1 Å². The number of rotatable bonds is 5. The Morgan fingerprint density at radius 2 is 1.91 bits per heavy atom. The van der Waals surface area contributed by atoms with E-state index in [1.54, 1.807) is 36.4 Å². The number of hydrogen-bond acceptors (Lipinski definition) is 7. The molecule has 4 rings (SSSR count). The van der Waals surface area contributed by atoms with Crippen molar-refractivity contribution in [3.05, 3.63) is 93.9 Å². The summed E-state index contributed by atoms with van der Waals surface area (Å²) < 4.78 is 7.15. The van der Waals surface area contributed by atoms with Crippen molar-refractivity contribution in [1.82, 2.24) is 9.78 Å². The van der Waals surface area contributed by atoms with E-state index in [0.717, 1.165) is 0 Å². The van der Waals surface area contributed by atoms with Gasteiger partial charge in [0.05, 0.1) is 16.2 Å². The van der Waals surface area contributed by atoms with Gasteiger partial charge in [-0.1, -0.05) is 30.3 Å². The molecular formula is C23H14N6O3. The fraction of sp³-hybridized carbons (Fsp3) is 0. The van der Waals surface area contributed by atoms with Crippen LogP contribution in [0.2, 0.25) is 0 Å². The molecule has 0 amide bonds. The van der Waals surface area contributed by atoms with Gasteiger partial charge in [-0.15, -0.1) is 0 Å². The number of benzene rings is 2. The molecule has 9 heteroatoms. The number of hydrogen-bond donors (Lipinski definition) is 1. The Bertz CT molecular complexity index is 1430. The first-order valence-corrected chi connectivity index (χ1v) is 9.32. The minimum atomic E-state index is -0.488. The third-order valence-electron chi connectivity index (χ3n) is 4.66. The monoisotopic (exact) mass is 422 g/mol. The van der Waals surface area contributed by atoms with Crippen LogP contribution in [0.3, 0.4) is 0 Å². The van der Waals surface area contributed by atoms with Crippen molar-refractivity contribution in [3.8, 4) is 29.1 Å². The number of nitrogens with zero attached hydrogens (tertiary/aromatic N) is 5. The number of aromatic nitrogens is 2. The lowest BCUT2D eigenvalue weighted by atomic mass is 10.1. The molecule has 0 unspecified atom stereocenters. The van der Waals surface area contributed by atoms with Crippen molar-refractivity contribution in [1.29, 1.82) is 10.5 Å². The lowest BCUT2D eigenvalue weighted by Gasteiger charge is -2.02. The predicted molar refractivity (Wildman–Crippen MR) is 117 cm³/mol. The summed E-state index contributed by atoms with van der Waals surface area (Å²) in [7, 11) is 0. The van der Waals surface area contributed by atoms with E-state index in [-0.39, 0.29) is 28.3 Å². The molecule has 154 valence electrons. The molecule has 0 radical (unpaired) electrons. The van der Waals surface area contributed by atoms with Gasteiger partial charge in [-0.25, -0.2) is 4.68 Å². The summed E-state index contributed by atoms with van der Waals surface area (Å²) >= 11 is 0. The first-order chi connectivity index (χ1) is 15.5. The number of non-ortho nitro benzene ring substituents is 1. The van der Waals surface area contributed by atoms with E-state index in [0.29, 0.717) is 22.8 Å². The molecule has 0 spiro atoms. The summed E-state index contributed by atoms with van der Waals surface area (Å²) in [6.45, 7) is 0. The maximum Gasteiger partial charge on any atom is 0.270 e. The quantitative estimate of drug-likeness (QED) is 0.281. The van der Waals surface area contributed by atoms with Crippen molar-refractivity contribution in [2.75, 3.05) is 5.73 Å². The highest BCUT2D eigenvalue weighted by atomic mass is 16.6. The fourth-order valence-corrected chi connectivity index (χ4v) is 3.15. The Labute approximate surface area is 182 Å². The molecule has 2 aromatic heterocycles. The summed E-state index contributed by atoms with van der Waals surface area (Å²) in [6.07, 6.45) is 1.44. The van der Waals surface area contributed by atoms with Gasteiger partial charge in [0, 0.05) is 23.8 Å². The summed E-state index contributed by atoms with van der Waals surface area (Å²) in [5.41, 5.74) is 7.51. The van der Waals surface area contributed by atoms with E-state index in [2.05, 4.69) is 5.10 Å². The number of nitro groups is 1. The standard InChI is InChI=1S/C23H14N6O3/c24-13-16(22-20(14-25)23(26)28(27-22)17-6-2-1-3-7-17)12-19-9-10-21(32-19)15-5-4-8-18(11-15)29(30)31/h1-12H,26H2. The van der Waals surface area contributed by atoms with E-state index in [1.807, 2.05) is 30.3 Å². The number of allylic oxidation sites excluding steroid dienone is 1. The SMILES string of the molecule is N#CC(=Cc1ccc(-c2cccc([N+](=O)[O-])c2)o1)c1nn(-c2ccccc2)c(N)c1C#N. The van der Waals surface area contributed by atoms with Crippen LogP contribution < -0.4 is 5.73 Å². The molecular weight excluding hydrogens is 408 g/mol. The summed E-state index contributed by atoms with van der Waals surface area (Å²) in [6, 6.07) is 22.3. The maximum atomic E-state index is 11.0. The second-order valence-electron chi connectivity index (χ2n) is 6.65. The number of nitriles is 2. The van der Waals surface area contributed by atoms with Crippen LogP contribution in [0.25, 0.3) is 28.7 Å². The number of nitro benzene ring substituents is 1. The third-order valence-corrected chi connectivity index (χ3v) is 4.66. The third kappa shape index (κ3) is 3.70. The van der Waals surface area contributed by atoms with Crippen molar-refractivity contribution in [2.24, 2.45) is 0 Å². The van der Waals surface area contributed by atoms with Crippen LogP contribution in [-0.4, -0.2) is 14.7 Å². The van der Waals surface area contributed by atoms with Crippen LogP contribution in [0.4, 0.5) is 11.5 Å². The van der Waals surface area contributed by atoms with E-state index >= 15 is 0 Å². The van der Waals surface area contributed by atoms with Crippen LogP contribution in [-0.2, 0) is 0 Å². The van der Waals surface area contributed by atoms with Crippen molar-refractivity contribution in [2.45, 2.75) is 0 Å². The lowest BCUT2D eigenvalue weighted by Crippen LogP contribution is -2.02. The second kappa shape index (κ2) is 8.30. The van der Waals surface area contributed by atoms with Gasteiger partial charge < -0.3 is 10.2 Å². The average Bonchev–Trinajstić information content (AvgIpc) is 3.42. The van der Waals surface area contributed by atoms with Crippen LogP contribution in [0.15, 0.2) is 71.1 Å².